The van der Waals surface area contributed by atoms with Crippen LogP contribution >= 0.6 is 0 Å². The van der Waals surface area contributed by atoms with Gasteiger partial charge >= 0.3 is 5.97 Å². The highest BCUT2D eigenvalue weighted by Gasteiger charge is 2.05. The molecule has 0 aliphatic rings. The van der Waals surface area contributed by atoms with E-state index in [2.05, 4.69) is 0 Å². The molecule has 0 bridgehead atoms. The first kappa shape index (κ1) is 13.1. The maximum atomic E-state index is 13.2. The van der Waals surface area contributed by atoms with Crippen LogP contribution in [0, 0.1) is 5.82 Å². The van der Waals surface area contributed by atoms with E-state index >= 15 is 0 Å². The summed E-state index contributed by atoms with van der Waals surface area (Å²) in [4.78, 5) is 10.8. The van der Waals surface area contributed by atoms with Crippen LogP contribution in [0.15, 0.2) is 67.0 Å². The molecule has 104 valence electrons. The minimum Gasteiger partial charge on any atom is -0.478 e. The lowest BCUT2D eigenvalue weighted by Gasteiger charge is -2.02. The molecule has 0 fully saturated rings. The Morgan fingerprint density at radius 3 is 2.43 bits per heavy atom. The van der Waals surface area contributed by atoms with Gasteiger partial charge in [0.15, 0.2) is 0 Å². The summed E-state index contributed by atoms with van der Waals surface area (Å²) >= 11 is 0. The zero-order valence-corrected chi connectivity index (χ0v) is 11.0. The second-order valence-corrected chi connectivity index (χ2v) is 4.67. The van der Waals surface area contributed by atoms with Crippen molar-refractivity contribution in [2.24, 2.45) is 0 Å². The zero-order valence-electron chi connectivity index (χ0n) is 11.0. The fraction of sp³-hybridized carbons (Fsp3) is 0. The molecule has 0 aliphatic heterocycles. The highest BCUT2D eigenvalue weighted by Crippen LogP contribution is 2.22. The molecule has 0 radical (unpaired) electrons. The summed E-state index contributed by atoms with van der Waals surface area (Å²) in [5.41, 5.74) is 2.85. The lowest BCUT2D eigenvalue weighted by atomic mass is 10.1. The van der Waals surface area contributed by atoms with Crippen LogP contribution in [0.2, 0.25) is 0 Å². The molecule has 3 aromatic rings. The number of carboxylic acid groups (broad SMARTS) is 1. The standard InChI is InChI=1S/C17H12FNO2/c18-15-2-1-3-16(10-15)19-9-8-14(11-19)12-4-6-13(7-5-12)17(20)21/h1-11H,(H,20,21). The number of carboxylic acids is 1. The second kappa shape index (κ2) is 5.25. The summed E-state index contributed by atoms with van der Waals surface area (Å²) < 4.78 is 15.1. The van der Waals surface area contributed by atoms with Gasteiger partial charge in [-0.1, -0.05) is 18.2 Å². The van der Waals surface area contributed by atoms with E-state index < -0.39 is 5.97 Å². The first-order chi connectivity index (χ1) is 10.1. The van der Waals surface area contributed by atoms with Gasteiger partial charge in [0.2, 0.25) is 0 Å². The van der Waals surface area contributed by atoms with Crippen molar-refractivity contribution in [3.63, 3.8) is 0 Å². The maximum Gasteiger partial charge on any atom is 0.335 e. The Morgan fingerprint density at radius 1 is 1.00 bits per heavy atom. The van der Waals surface area contributed by atoms with Crippen LogP contribution in [0.25, 0.3) is 16.8 Å². The monoisotopic (exact) mass is 281 g/mol. The Bertz CT molecular complexity index is 791. The lowest BCUT2D eigenvalue weighted by Crippen LogP contribution is -1.94. The Labute approximate surface area is 120 Å². The third-order valence-corrected chi connectivity index (χ3v) is 3.26. The van der Waals surface area contributed by atoms with Crippen molar-refractivity contribution in [1.29, 1.82) is 0 Å². The molecule has 1 heterocycles. The number of halogens is 1. The van der Waals surface area contributed by atoms with E-state index in [4.69, 9.17) is 5.11 Å². The average molecular weight is 281 g/mol. The molecule has 3 nitrogen and oxygen atoms in total. The molecule has 0 atom stereocenters. The number of rotatable bonds is 3. The Balaban J connectivity index is 1.93. The second-order valence-electron chi connectivity index (χ2n) is 4.67. The van der Waals surface area contributed by atoms with E-state index in [1.807, 2.05) is 29.1 Å². The maximum absolute atomic E-state index is 13.2. The van der Waals surface area contributed by atoms with Crippen molar-refractivity contribution in [3.05, 3.63) is 78.4 Å². The average Bonchev–Trinajstić information content (AvgIpc) is 2.97. The molecular weight excluding hydrogens is 269 g/mol. The summed E-state index contributed by atoms with van der Waals surface area (Å²) in [7, 11) is 0. The Hall–Kier alpha value is -2.88. The van der Waals surface area contributed by atoms with E-state index in [0.29, 0.717) is 0 Å². The molecule has 0 amide bonds. The molecule has 21 heavy (non-hydrogen) atoms. The summed E-state index contributed by atoms with van der Waals surface area (Å²) in [6.07, 6.45) is 3.72. The predicted molar refractivity (Wildman–Crippen MR) is 78.1 cm³/mol. The van der Waals surface area contributed by atoms with Crippen molar-refractivity contribution in [2.45, 2.75) is 0 Å². The van der Waals surface area contributed by atoms with Gasteiger partial charge in [0.1, 0.15) is 5.82 Å². The molecule has 2 aromatic carbocycles. The SMILES string of the molecule is O=C(O)c1ccc(-c2ccn(-c3cccc(F)c3)c2)cc1. The van der Waals surface area contributed by atoms with Crippen molar-refractivity contribution < 1.29 is 14.3 Å². The molecule has 1 N–H and O–H groups in total. The highest BCUT2D eigenvalue weighted by molar-refractivity contribution is 5.88. The van der Waals surface area contributed by atoms with E-state index in [0.717, 1.165) is 16.8 Å². The van der Waals surface area contributed by atoms with E-state index in [1.54, 1.807) is 30.3 Å². The number of carbonyl (C=O) groups is 1. The largest absolute Gasteiger partial charge is 0.478 e. The molecule has 0 spiro atoms. The van der Waals surface area contributed by atoms with Gasteiger partial charge in [-0.2, -0.15) is 0 Å². The molecule has 0 saturated carbocycles. The van der Waals surface area contributed by atoms with Gasteiger partial charge in [-0.25, -0.2) is 9.18 Å². The van der Waals surface area contributed by atoms with Gasteiger partial charge in [0.05, 0.1) is 5.56 Å². The third-order valence-electron chi connectivity index (χ3n) is 3.26. The van der Waals surface area contributed by atoms with Crippen molar-refractivity contribution in [3.8, 4) is 16.8 Å². The van der Waals surface area contributed by atoms with E-state index in [1.165, 1.54) is 12.1 Å². The smallest absolute Gasteiger partial charge is 0.335 e. The summed E-state index contributed by atoms with van der Waals surface area (Å²) in [6.45, 7) is 0. The van der Waals surface area contributed by atoms with Gasteiger partial charge in [-0.15, -0.1) is 0 Å². The molecule has 1 aromatic heterocycles. The van der Waals surface area contributed by atoms with Crippen LogP contribution in [-0.4, -0.2) is 15.6 Å². The van der Waals surface area contributed by atoms with Gasteiger partial charge < -0.3 is 9.67 Å². The fourth-order valence-corrected chi connectivity index (χ4v) is 2.17. The Kier molecular flexibility index (Phi) is 3.28. The zero-order chi connectivity index (χ0) is 14.8. The normalized spacial score (nSPS) is 10.5. The highest BCUT2D eigenvalue weighted by atomic mass is 19.1. The number of hydrogen-bond donors (Lipinski definition) is 1. The van der Waals surface area contributed by atoms with Crippen LogP contribution < -0.4 is 0 Å². The Morgan fingerprint density at radius 2 is 1.76 bits per heavy atom. The van der Waals surface area contributed by atoms with Crippen LogP contribution in [0.5, 0.6) is 0 Å². The van der Waals surface area contributed by atoms with Gasteiger partial charge in [0, 0.05) is 18.1 Å². The van der Waals surface area contributed by atoms with E-state index in [-0.39, 0.29) is 11.4 Å². The molecule has 0 saturated heterocycles. The number of aromatic carboxylic acids is 1. The van der Waals surface area contributed by atoms with Crippen molar-refractivity contribution in [1.82, 2.24) is 4.57 Å². The van der Waals surface area contributed by atoms with Crippen LogP contribution in [0.1, 0.15) is 10.4 Å². The number of aromatic nitrogens is 1. The third kappa shape index (κ3) is 2.69. The number of benzene rings is 2. The number of hydrogen-bond acceptors (Lipinski definition) is 1. The quantitative estimate of drug-likeness (QED) is 0.789. The van der Waals surface area contributed by atoms with Crippen LogP contribution in [0.4, 0.5) is 4.39 Å². The first-order valence-electron chi connectivity index (χ1n) is 6.41. The summed E-state index contributed by atoms with van der Waals surface area (Å²) in [6, 6.07) is 14.9. The number of nitrogens with zero attached hydrogens (tertiary/aromatic N) is 1. The predicted octanol–water partition coefficient (Wildman–Crippen LogP) is 3.98. The molecule has 4 heteroatoms. The fourth-order valence-electron chi connectivity index (χ4n) is 2.17. The van der Waals surface area contributed by atoms with Crippen LogP contribution in [-0.2, 0) is 0 Å². The van der Waals surface area contributed by atoms with Crippen molar-refractivity contribution in [2.75, 3.05) is 0 Å². The topological polar surface area (TPSA) is 42.2 Å². The minimum atomic E-state index is -0.945. The summed E-state index contributed by atoms with van der Waals surface area (Å²) in [5.74, 6) is -1.23. The van der Waals surface area contributed by atoms with Crippen LogP contribution in [0.3, 0.4) is 0 Å². The molecule has 0 aliphatic carbocycles. The summed E-state index contributed by atoms with van der Waals surface area (Å²) in [5, 5.41) is 8.89. The lowest BCUT2D eigenvalue weighted by molar-refractivity contribution is 0.0697. The molecular formula is C17H12FNO2. The van der Waals surface area contributed by atoms with Crippen molar-refractivity contribution >= 4 is 5.97 Å². The minimum absolute atomic E-state index is 0.253. The first-order valence-corrected chi connectivity index (χ1v) is 6.41. The molecule has 0 unspecified atom stereocenters. The van der Waals surface area contributed by atoms with Gasteiger partial charge in [0.25, 0.3) is 0 Å². The molecule has 3 rings (SSSR count). The van der Waals surface area contributed by atoms with E-state index in [9.17, 15) is 9.18 Å². The van der Waals surface area contributed by atoms with Gasteiger partial charge in [-0.05, 0) is 47.5 Å². The van der Waals surface area contributed by atoms with Gasteiger partial charge in [-0.3, -0.25) is 0 Å².